The average molecular weight is 276 g/mol. The summed E-state index contributed by atoms with van der Waals surface area (Å²) in [7, 11) is 0. The van der Waals surface area contributed by atoms with E-state index in [1.54, 1.807) is 11.3 Å². The topological polar surface area (TPSA) is 22.1 Å². The molecule has 17 heavy (non-hydrogen) atoms. The van der Waals surface area contributed by atoms with Crippen molar-refractivity contribution in [2.24, 2.45) is 5.92 Å². The minimum Gasteiger partial charge on any atom is -0.371 e. The van der Waals surface area contributed by atoms with Gasteiger partial charge in [0.25, 0.3) is 0 Å². The molecule has 4 heteroatoms. The van der Waals surface area contributed by atoms with E-state index in [0.29, 0.717) is 5.88 Å². The molecule has 0 spiro atoms. The molecule has 1 aromatic heterocycles. The molecule has 0 aliphatic rings. The van der Waals surface area contributed by atoms with Crippen LogP contribution in [0.15, 0.2) is 5.38 Å². The summed E-state index contributed by atoms with van der Waals surface area (Å²) < 4.78 is 5.89. The van der Waals surface area contributed by atoms with Crippen LogP contribution in [0.3, 0.4) is 0 Å². The van der Waals surface area contributed by atoms with Gasteiger partial charge in [-0.05, 0) is 25.2 Å². The van der Waals surface area contributed by atoms with Crippen molar-refractivity contribution in [3.05, 3.63) is 16.1 Å². The first kappa shape index (κ1) is 14.9. The Balaban J connectivity index is 2.37. The molecule has 0 aromatic carbocycles. The summed E-state index contributed by atoms with van der Waals surface area (Å²) in [6.07, 6.45) is 3.46. The third-order valence-corrected chi connectivity index (χ3v) is 3.86. The lowest BCUT2D eigenvalue weighted by Gasteiger charge is -2.14. The van der Waals surface area contributed by atoms with E-state index in [-0.39, 0.29) is 6.10 Å². The fourth-order valence-electron chi connectivity index (χ4n) is 1.61. The Bertz CT molecular complexity index is 314. The van der Waals surface area contributed by atoms with Gasteiger partial charge in [0.1, 0.15) is 11.1 Å². The predicted molar refractivity (Wildman–Crippen MR) is 74.7 cm³/mol. The van der Waals surface area contributed by atoms with E-state index >= 15 is 0 Å². The summed E-state index contributed by atoms with van der Waals surface area (Å²) in [5, 5.41) is 3.08. The van der Waals surface area contributed by atoms with Crippen molar-refractivity contribution in [2.75, 3.05) is 6.61 Å². The lowest BCUT2D eigenvalue weighted by Crippen LogP contribution is -2.05. The van der Waals surface area contributed by atoms with Crippen LogP contribution in [0.1, 0.15) is 56.8 Å². The van der Waals surface area contributed by atoms with Crippen molar-refractivity contribution < 1.29 is 4.74 Å². The van der Waals surface area contributed by atoms with Gasteiger partial charge in [-0.2, -0.15) is 0 Å². The molecule has 1 heterocycles. The highest BCUT2D eigenvalue weighted by molar-refractivity contribution is 7.09. The number of alkyl halides is 1. The SMILES string of the molecule is CCC(OCCCC(C)C)c1nc(CCl)cs1. The van der Waals surface area contributed by atoms with Crippen LogP contribution in [0.25, 0.3) is 0 Å². The Hall–Kier alpha value is -0.120. The highest BCUT2D eigenvalue weighted by atomic mass is 35.5. The van der Waals surface area contributed by atoms with E-state index in [9.17, 15) is 0 Å². The number of nitrogens with zero attached hydrogens (tertiary/aromatic N) is 1. The Kier molecular flexibility index (Phi) is 7.09. The Labute approximate surface area is 113 Å². The van der Waals surface area contributed by atoms with Gasteiger partial charge < -0.3 is 4.74 Å². The summed E-state index contributed by atoms with van der Waals surface area (Å²) in [5.74, 6) is 1.24. The maximum absolute atomic E-state index is 5.89. The van der Waals surface area contributed by atoms with Crippen LogP contribution in [0.5, 0.6) is 0 Å². The van der Waals surface area contributed by atoms with Crippen molar-refractivity contribution in [2.45, 2.75) is 52.0 Å². The fraction of sp³-hybridized carbons (Fsp3) is 0.769. The first-order valence-corrected chi connectivity index (χ1v) is 7.70. The Morgan fingerprint density at radius 1 is 1.47 bits per heavy atom. The van der Waals surface area contributed by atoms with Gasteiger partial charge in [-0.1, -0.05) is 20.8 Å². The highest BCUT2D eigenvalue weighted by Crippen LogP contribution is 2.25. The highest BCUT2D eigenvalue weighted by Gasteiger charge is 2.13. The lowest BCUT2D eigenvalue weighted by molar-refractivity contribution is 0.0459. The molecule has 1 unspecified atom stereocenters. The van der Waals surface area contributed by atoms with Crippen LogP contribution in [-0.2, 0) is 10.6 Å². The van der Waals surface area contributed by atoms with Crippen LogP contribution in [0, 0.1) is 5.92 Å². The molecule has 1 rings (SSSR count). The van der Waals surface area contributed by atoms with E-state index in [2.05, 4.69) is 25.8 Å². The molecule has 0 amide bonds. The zero-order valence-electron chi connectivity index (χ0n) is 10.9. The Morgan fingerprint density at radius 3 is 2.76 bits per heavy atom. The normalized spacial score (nSPS) is 13.2. The largest absolute Gasteiger partial charge is 0.371 e. The van der Waals surface area contributed by atoms with Gasteiger partial charge in [-0.15, -0.1) is 22.9 Å². The van der Waals surface area contributed by atoms with Crippen LogP contribution >= 0.6 is 22.9 Å². The number of hydrogen-bond donors (Lipinski definition) is 0. The zero-order valence-corrected chi connectivity index (χ0v) is 12.5. The van der Waals surface area contributed by atoms with Gasteiger partial charge in [0.15, 0.2) is 0 Å². The molecule has 1 atom stereocenters. The van der Waals surface area contributed by atoms with Gasteiger partial charge in [0.05, 0.1) is 11.6 Å². The Morgan fingerprint density at radius 2 is 2.24 bits per heavy atom. The molecule has 2 nitrogen and oxygen atoms in total. The van der Waals surface area contributed by atoms with E-state index in [1.807, 2.05) is 5.38 Å². The summed E-state index contributed by atoms with van der Waals surface area (Å²) in [5.41, 5.74) is 0.955. The molecular weight excluding hydrogens is 254 g/mol. The second-order valence-corrected chi connectivity index (χ2v) is 5.77. The summed E-state index contributed by atoms with van der Waals surface area (Å²) in [6.45, 7) is 7.44. The first-order chi connectivity index (χ1) is 8.17. The maximum atomic E-state index is 5.89. The van der Waals surface area contributed by atoms with Crippen molar-refractivity contribution in [1.29, 1.82) is 0 Å². The van der Waals surface area contributed by atoms with Crippen LogP contribution in [0.4, 0.5) is 0 Å². The molecule has 0 fully saturated rings. The molecule has 0 saturated carbocycles. The molecule has 0 N–H and O–H groups in total. The van der Waals surface area contributed by atoms with Crippen LogP contribution < -0.4 is 0 Å². The van der Waals surface area contributed by atoms with Gasteiger partial charge >= 0.3 is 0 Å². The van der Waals surface area contributed by atoms with Gasteiger partial charge in [0.2, 0.25) is 0 Å². The maximum Gasteiger partial charge on any atom is 0.122 e. The third-order valence-electron chi connectivity index (χ3n) is 2.60. The van der Waals surface area contributed by atoms with E-state index in [0.717, 1.165) is 36.1 Å². The number of halogens is 1. The van der Waals surface area contributed by atoms with Crippen molar-refractivity contribution in [1.82, 2.24) is 4.98 Å². The second-order valence-electron chi connectivity index (χ2n) is 4.61. The molecule has 1 aromatic rings. The van der Waals surface area contributed by atoms with Gasteiger partial charge in [0, 0.05) is 12.0 Å². The molecule has 0 aliphatic heterocycles. The van der Waals surface area contributed by atoms with E-state index < -0.39 is 0 Å². The quantitative estimate of drug-likeness (QED) is 0.503. The minimum atomic E-state index is 0.143. The fourth-order valence-corrected chi connectivity index (χ4v) is 2.79. The molecule has 98 valence electrons. The number of thiazole rings is 1. The number of aromatic nitrogens is 1. The molecule has 0 saturated heterocycles. The summed E-state index contributed by atoms with van der Waals surface area (Å²) in [4.78, 5) is 4.48. The number of hydrogen-bond acceptors (Lipinski definition) is 3. The average Bonchev–Trinajstić information content (AvgIpc) is 2.77. The standard InChI is InChI=1S/C13H22ClNOS/c1-4-12(16-7-5-6-10(2)3)13-15-11(8-14)9-17-13/h9-10,12H,4-8H2,1-3H3. The summed E-state index contributed by atoms with van der Waals surface area (Å²) in [6, 6.07) is 0. The number of rotatable bonds is 8. The zero-order chi connectivity index (χ0) is 12.7. The molecule has 0 bridgehead atoms. The predicted octanol–water partition coefficient (Wildman–Crippen LogP) is 4.79. The third kappa shape index (κ3) is 5.36. The second kappa shape index (κ2) is 8.06. The molecule has 0 aliphatic carbocycles. The molecular formula is C13H22ClNOS. The minimum absolute atomic E-state index is 0.143. The van der Waals surface area contributed by atoms with E-state index in [1.165, 1.54) is 6.42 Å². The van der Waals surface area contributed by atoms with E-state index in [4.69, 9.17) is 16.3 Å². The number of ether oxygens (including phenoxy) is 1. The molecule has 0 radical (unpaired) electrons. The first-order valence-electron chi connectivity index (χ1n) is 6.29. The smallest absolute Gasteiger partial charge is 0.122 e. The van der Waals surface area contributed by atoms with Crippen LogP contribution in [-0.4, -0.2) is 11.6 Å². The van der Waals surface area contributed by atoms with Crippen molar-refractivity contribution >= 4 is 22.9 Å². The van der Waals surface area contributed by atoms with Gasteiger partial charge in [-0.25, -0.2) is 4.98 Å². The van der Waals surface area contributed by atoms with Crippen molar-refractivity contribution in [3.63, 3.8) is 0 Å². The lowest BCUT2D eigenvalue weighted by atomic mass is 10.1. The summed E-state index contributed by atoms with van der Waals surface area (Å²) >= 11 is 7.40. The van der Waals surface area contributed by atoms with Crippen LogP contribution in [0.2, 0.25) is 0 Å². The van der Waals surface area contributed by atoms with Crippen molar-refractivity contribution in [3.8, 4) is 0 Å². The monoisotopic (exact) mass is 275 g/mol. The van der Waals surface area contributed by atoms with Gasteiger partial charge in [-0.3, -0.25) is 0 Å².